The molecular formula is C13H11IO2S. The lowest BCUT2D eigenvalue weighted by Crippen LogP contribution is -2.01. The van der Waals surface area contributed by atoms with Crippen molar-refractivity contribution < 1.29 is 8.42 Å². The first-order chi connectivity index (χ1) is 8.00. The first-order valence-corrected chi connectivity index (χ1v) is 7.64. The van der Waals surface area contributed by atoms with E-state index in [1.165, 1.54) is 0 Å². The molecule has 0 aromatic heterocycles. The summed E-state index contributed by atoms with van der Waals surface area (Å²) in [5, 5.41) is 0. The zero-order valence-electron chi connectivity index (χ0n) is 9.22. The number of hydrogen-bond donors (Lipinski definition) is 0. The van der Waals surface area contributed by atoms with Crippen molar-refractivity contribution in [2.24, 2.45) is 0 Å². The lowest BCUT2D eigenvalue weighted by Gasteiger charge is -2.05. The summed E-state index contributed by atoms with van der Waals surface area (Å²) in [5.74, 6) is 0. The minimum Gasteiger partial charge on any atom is -0.219 e. The monoisotopic (exact) mass is 358 g/mol. The predicted octanol–water partition coefficient (Wildman–Crippen LogP) is 3.43. The van der Waals surface area contributed by atoms with Gasteiger partial charge in [0.05, 0.1) is 9.79 Å². The molecule has 0 unspecified atom stereocenters. The van der Waals surface area contributed by atoms with Crippen LogP contribution in [0.15, 0.2) is 58.3 Å². The molecule has 0 fully saturated rings. The second-order valence-corrected chi connectivity index (χ2v) is 6.97. The molecule has 0 aliphatic rings. The van der Waals surface area contributed by atoms with Crippen LogP contribution >= 0.6 is 22.6 Å². The van der Waals surface area contributed by atoms with Crippen molar-refractivity contribution in [1.82, 2.24) is 0 Å². The van der Waals surface area contributed by atoms with Crippen molar-refractivity contribution >= 4 is 32.4 Å². The molecule has 2 rings (SSSR count). The number of rotatable bonds is 2. The first-order valence-electron chi connectivity index (χ1n) is 5.07. The number of sulfone groups is 1. The molecule has 0 amide bonds. The van der Waals surface area contributed by atoms with Crippen LogP contribution in [0.4, 0.5) is 0 Å². The average Bonchev–Trinajstić information content (AvgIpc) is 2.30. The topological polar surface area (TPSA) is 34.1 Å². The molecule has 88 valence electrons. The standard InChI is InChI=1S/C13H11IO2S/c1-10-2-6-12(7-3-10)17(15,16)13-8-4-11(14)5-9-13/h2-9H,1H3. The van der Waals surface area contributed by atoms with Gasteiger partial charge in [0.25, 0.3) is 0 Å². The lowest BCUT2D eigenvalue weighted by atomic mass is 10.2. The van der Waals surface area contributed by atoms with E-state index in [9.17, 15) is 8.42 Å². The van der Waals surface area contributed by atoms with E-state index in [4.69, 9.17) is 0 Å². The molecule has 0 saturated carbocycles. The Morgan fingerprint density at radius 3 is 1.71 bits per heavy atom. The van der Waals surface area contributed by atoms with E-state index >= 15 is 0 Å². The van der Waals surface area contributed by atoms with Crippen LogP contribution in [0.5, 0.6) is 0 Å². The minimum absolute atomic E-state index is 0.335. The molecule has 0 aliphatic carbocycles. The Hall–Kier alpha value is -0.880. The Kier molecular flexibility index (Phi) is 3.53. The van der Waals surface area contributed by atoms with Gasteiger partial charge >= 0.3 is 0 Å². The maximum absolute atomic E-state index is 12.3. The molecule has 0 heterocycles. The Bertz CT molecular complexity index is 562. The van der Waals surface area contributed by atoms with Crippen LogP contribution in [-0.4, -0.2) is 8.42 Å². The molecule has 2 aromatic carbocycles. The third-order valence-electron chi connectivity index (χ3n) is 2.46. The summed E-state index contributed by atoms with van der Waals surface area (Å²) < 4.78 is 25.5. The Balaban J connectivity index is 2.50. The maximum Gasteiger partial charge on any atom is 0.206 e. The van der Waals surface area contributed by atoms with E-state index in [1.54, 1.807) is 48.5 Å². The van der Waals surface area contributed by atoms with Crippen molar-refractivity contribution in [2.75, 3.05) is 0 Å². The maximum atomic E-state index is 12.3. The fraction of sp³-hybridized carbons (Fsp3) is 0.0769. The number of hydrogen-bond acceptors (Lipinski definition) is 2. The molecule has 0 spiro atoms. The van der Waals surface area contributed by atoms with E-state index in [0.29, 0.717) is 9.79 Å². The second-order valence-electron chi connectivity index (χ2n) is 3.77. The van der Waals surface area contributed by atoms with Crippen molar-refractivity contribution in [3.05, 3.63) is 57.7 Å². The highest BCUT2D eigenvalue weighted by molar-refractivity contribution is 14.1. The summed E-state index contributed by atoms with van der Waals surface area (Å²) in [6, 6.07) is 13.8. The zero-order chi connectivity index (χ0) is 12.5. The van der Waals surface area contributed by atoms with Gasteiger partial charge in [-0.2, -0.15) is 0 Å². The van der Waals surface area contributed by atoms with Gasteiger partial charge in [-0.1, -0.05) is 17.7 Å². The Morgan fingerprint density at radius 2 is 1.24 bits per heavy atom. The molecule has 0 N–H and O–H groups in total. The molecule has 2 aromatic rings. The van der Waals surface area contributed by atoms with E-state index in [-0.39, 0.29) is 0 Å². The molecule has 0 saturated heterocycles. The zero-order valence-corrected chi connectivity index (χ0v) is 12.2. The van der Waals surface area contributed by atoms with Crippen molar-refractivity contribution in [3.8, 4) is 0 Å². The molecule has 0 aliphatic heterocycles. The van der Waals surface area contributed by atoms with Crippen LogP contribution in [-0.2, 0) is 9.84 Å². The molecule has 0 atom stereocenters. The highest BCUT2D eigenvalue weighted by Gasteiger charge is 2.16. The average molecular weight is 358 g/mol. The molecule has 17 heavy (non-hydrogen) atoms. The van der Waals surface area contributed by atoms with E-state index in [0.717, 1.165) is 9.13 Å². The van der Waals surface area contributed by atoms with Gasteiger partial charge in [-0.3, -0.25) is 0 Å². The van der Waals surface area contributed by atoms with Gasteiger partial charge in [0.1, 0.15) is 0 Å². The third-order valence-corrected chi connectivity index (χ3v) is 4.96. The largest absolute Gasteiger partial charge is 0.219 e. The third kappa shape index (κ3) is 2.69. The number of benzene rings is 2. The molecule has 0 radical (unpaired) electrons. The predicted molar refractivity (Wildman–Crippen MR) is 75.8 cm³/mol. The first kappa shape index (κ1) is 12.6. The smallest absolute Gasteiger partial charge is 0.206 e. The van der Waals surface area contributed by atoms with Gasteiger partial charge in [0.15, 0.2) is 0 Å². The van der Waals surface area contributed by atoms with E-state index in [2.05, 4.69) is 22.6 Å². The van der Waals surface area contributed by atoms with Gasteiger partial charge in [-0.25, -0.2) is 8.42 Å². The molecule has 0 bridgehead atoms. The quantitative estimate of drug-likeness (QED) is 0.771. The van der Waals surface area contributed by atoms with Gasteiger partial charge in [-0.15, -0.1) is 0 Å². The van der Waals surface area contributed by atoms with Gasteiger partial charge < -0.3 is 0 Å². The van der Waals surface area contributed by atoms with E-state index in [1.807, 2.05) is 6.92 Å². The fourth-order valence-corrected chi connectivity index (χ4v) is 3.09. The summed E-state index contributed by atoms with van der Waals surface area (Å²) in [6.07, 6.45) is 0. The second kappa shape index (κ2) is 4.78. The number of aryl methyl sites for hydroxylation is 1. The lowest BCUT2D eigenvalue weighted by molar-refractivity contribution is 0.596. The Labute approximate surface area is 115 Å². The van der Waals surface area contributed by atoms with Crippen LogP contribution in [0.25, 0.3) is 0 Å². The summed E-state index contributed by atoms with van der Waals surface area (Å²) in [6.45, 7) is 1.93. The van der Waals surface area contributed by atoms with Crippen molar-refractivity contribution in [2.45, 2.75) is 16.7 Å². The van der Waals surface area contributed by atoms with E-state index < -0.39 is 9.84 Å². The van der Waals surface area contributed by atoms with Crippen LogP contribution in [0, 0.1) is 10.5 Å². The summed E-state index contributed by atoms with van der Waals surface area (Å²) >= 11 is 2.15. The normalized spacial score (nSPS) is 11.4. The summed E-state index contributed by atoms with van der Waals surface area (Å²) in [7, 11) is -3.38. The van der Waals surface area contributed by atoms with Crippen molar-refractivity contribution in [1.29, 1.82) is 0 Å². The van der Waals surface area contributed by atoms with Crippen LogP contribution < -0.4 is 0 Å². The highest BCUT2D eigenvalue weighted by atomic mass is 127. The minimum atomic E-state index is -3.38. The molecule has 2 nitrogen and oxygen atoms in total. The van der Waals surface area contributed by atoms with Crippen LogP contribution in [0.1, 0.15) is 5.56 Å². The fourth-order valence-electron chi connectivity index (χ4n) is 1.47. The van der Waals surface area contributed by atoms with Crippen LogP contribution in [0.2, 0.25) is 0 Å². The summed E-state index contributed by atoms with van der Waals surface area (Å²) in [4.78, 5) is 0.672. The Morgan fingerprint density at radius 1 is 0.824 bits per heavy atom. The van der Waals surface area contributed by atoms with Gasteiger partial charge in [0, 0.05) is 3.57 Å². The van der Waals surface area contributed by atoms with Gasteiger partial charge in [0.2, 0.25) is 9.84 Å². The highest BCUT2D eigenvalue weighted by Crippen LogP contribution is 2.21. The van der Waals surface area contributed by atoms with Crippen LogP contribution in [0.3, 0.4) is 0 Å². The molecular weight excluding hydrogens is 347 g/mol. The number of halogens is 1. The summed E-state index contributed by atoms with van der Waals surface area (Å²) in [5.41, 5.74) is 1.05. The SMILES string of the molecule is Cc1ccc(S(=O)(=O)c2ccc(I)cc2)cc1. The van der Waals surface area contributed by atoms with Crippen molar-refractivity contribution in [3.63, 3.8) is 0 Å². The molecule has 4 heteroatoms. The van der Waals surface area contributed by atoms with Gasteiger partial charge in [-0.05, 0) is 65.9 Å².